The van der Waals surface area contributed by atoms with E-state index in [1.54, 1.807) is 15.4 Å². The van der Waals surface area contributed by atoms with Gasteiger partial charge < -0.3 is 4.90 Å². The number of amides is 1. The van der Waals surface area contributed by atoms with Gasteiger partial charge in [0.2, 0.25) is 10.0 Å². The largest absolute Gasteiger partial charge is 0.337 e. The Morgan fingerprint density at radius 3 is 2.78 bits per heavy atom. The van der Waals surface area contributed by atoms with Gasteiger partial charge in [0.05, 0.1) is 23.2 Å². The van der Waals surface area contributed by atoms with Gasteiger partial charge in [-0.05, 0) is 25.2 Å². The number of nitrogens with zero attached hydrogens (tertiary/aromatic N) is 3. The van der Waals surface area contributed by atoms with Crippen LogP contribution >= 0.6 is 0 Å². The van der Waals surface area contributed by atoms with E-state index in [0.29, 0.717) is 31.6 Å². The summed E-state index contributed by atoms with van der Waals surface area (Å²) in [5, 5.41) is 6.90. The number of hydrogen-bond acceptors (Lipinski definition) is 4. The molecule has 23 heavy (non-hydrogen) atoms. The summed E-state index contributed by atoms with van der Waals surface area (Å²) in [6.45, 7) is 5.75. The monoisotopic (exact) mass is 340 g/mol. The summed E-state index contributed by atoms with van der Waals surface area (Å²) in [5.41, 5.74) is 1.44. The normalized spacial score (nSPS) is 25.2. The molecule has 2 saturated heterocycles. The molecule has 0 radical (unpaired) electrons. The van der Waals surface area contributed by atoms with E-state index < -0.39 is 10.0 Å². The molecule has 0 unspecified atom stereocenters. The fraction of sp³-hybridized carbons (Fsp3) is 0.733. The Labute approximate surface area is 137 Å². The van der Waals surface area contributed by atoms with E-state index in [9.17, 15) is 13.2 Å². The number of likely N-dealkylation sites (tertiary alicyclic amines) is 1. The lowest BCUT2D eigenvalue weighted by Gasteiger charge is -2.36. The van der Waals surface area contributed by atoms with Crippen molar-refractivity contribution in [2.24, 2.45) is 0 Å². The third-order valence-electron chi connectivity index (χ3n) is 4.71. The fourth-order valence-electron chi connectivity index (χ4n) is 3.52. The third-order valence-corrected chi connectivity index (χ3v) is 6.71. The van der Waals surface area contributed by atoms with E-state index >= 15 is 0 Å². The van der Waals surface area contributed by atoms with Crippen molar-refractivity contribution in [3.8, 4) is 0 Å². The highest BCUT2D eigenvalue weighted by atomic mass is 32.2. The Hall–Kier alpha value is -1.41. The first-order chi connectivity index (χ1) is 10.9. The van der Waals surface area contributed by atoms with Crippen molar-refractivity contribution in [1.29, 1.82) is 0 Å². The molecule has 1 amide bonds. The molecule has 0 bridgehead atoms. The maximum absolute atomic E-state index is 12.8. The molecule has 2 fully saturated rings. The van der Waals surface area contributed by atoms with Crippen LogP contribution in [0, 0.1) is 0 Å². The number of H-pyrrole nitrogens is 1. The predicted molar refractivity (Wildman–Crippen MR) is 86.7 cm³/mol. The van der Waals surface area contributed by atoms with Crippen LogP contribution in [0.25, 0.3) is 0 Å². The van der Waals surface area contributed by atoms with E-state index in [1.807, 2.05) is 13.8 Å². The summed E-state index contributed by atoms with van der Waals surface area (Å²) < 4.78 is 25.8. The van der Waals surface area contributed by atoms with E-state index in [2.05, 4.69) is 10.2 Å². The predicted octanol–water partition coefficient (Wildman–Crippen LogP) is 1.17. The second kappa shape index (κ2) is 6.24. The van der Waals surface area contributed by atoms with Gasteiger partial charge in [0, 0.05) is 25.7 Å². The molecule has 1 atom stereocenters. The Kier molecular flexibility index (Phi) is 4.46. The number of rotatable bonds is 3. The molecule has 3 rings (SSSR count). The van der Waals surface area contributed by atoms with E-state index in [0.717, 1.165) is 18.5 Å². The lowest BCUT2D eigenvalue weighted by Crippen LogP contribution is -2.50. The maximum Gasteiger partial charge on any atom is 0.257 e. The molecule has 0 saturated carbocycles. The van der Waals surface area contributed by atoms with Crippen LogP contribution in [-0.4, -0.2) is 65.2 Å². The van der Waals surface area contributed by atoms with Crippen molar-refractivity contribution in [3.63, 3.8) is 0 Å². The van der Waals surface area contributed by atoms with E-state index in [4.69, 9.17) is 0 Å². The molecule has 7 nitrogen and oxygen atoms in total. The van der Waals surface area contributed by atoms with Crippen molar-refractivity contribution in [1.82, 2.24) is 19.4 Å². The molecule has 3 heterocycles. The standard InChI is InChI=1S/C15H24N4O3S/c1-11(2)14-13(9-16-17-14)15(20)18-6-3-5-12(10-18)19-7-4-8-23(19,21)22/h9,11-12H,3-8,10H2,1-2H3,(H,16,17)/t12-/m1/s1. The van der Waals surface area contributed by atoms with Gasteiger partial charge in [-0.15, -0.1) is 0 Å². The molecule has 1 aromatic heterocycles. The molecule has 1 N–H and O–H groups in total. The lowest BCUT2D eigenvalue weighted by atomic mass is 10.0. The van der Waals surface area contributed by atoms with Crippen molar-refractivity contribution in [2.75, 3.05) is 25.4 Å². The van der Waals surface area contributed by atoms with Crippen LogP contribution in [-0.2, 0) is 10.0 Å². The Morgan fingerprint density at radius 2 is 2.13 bits per heavy atom. The van der Waals surface area contributed by atoms with Crippen LogP contribution in [0.15, 0.2) is 6.20 Å². The smallest absolute Gasteiger partial charge is 0.257 e. The van der Waals surface area contributed by atoms with Gasteiger partial charge >= 0.3 is 0 Å². The van der Waals surface area contributed by atoms with Crippen LogP contribution in [0.5, 0.6) is 0 Å². The average Bonchev–Trinajstić information content (AvgIpc) is 3.12. The second-order valence-electron chi connectivity index (χ2n) is 6.68. The fourth-order valence-corrected chi connectivity index (χ4v) is 5.28. The molecule has 2 aliphatic rings. The quantitative estimate of drug-likeness (QED) is 0.895. The van der Waals surface area contributed by atoms with Crippen LogP contribution < -0.4 is 0 Å². The second-order valence-corrected chi connectivity index (χ2v) is 8.72. The molecule has 0 aliphatic carbocycles. The Bertz CT molecular complexity index is 683. The number of carbonyl (C=O) groups is 1. The summed E-state index contributed by atoms with van der Waals surface area (Å²) in [7, 11) is -3.13. The molecular formula is C15H24N4O3S. The number of piperidine rings is 1. The highest BCUT2D eigenvalue weighted by Gasteiger charge is 2.38. The Balaban J connectivity index is 1.76. The number of aromatic nitrogens is 2. The molecule has 0 aromatic carbocycles. The number of hydrogen-bond donors (Lipinski definition) is 1. The molecule has 2 aliphatic heterocycles. The van der Waals surface area contributed by atoms with Crippen LogP contribution in [0.1, 0.15) is 55.1 Å². The van der Waals surface area contributed by atoms with Crippen molar-refractivity contribution < 1.29 is 13.2 Å². The van der Waals surface area contributed by atoms with Gasteiger partial charge in [0.25, 0.3) is 5.91 Å². The van der Waals surface area contributed by atoms with Gasteiger partial charge in [-0.3, -0.25) is 9.89 Å². The van der Waals surface area contributed by atoms with Crippen molar-refractivity contribution in [3.05, 3.63) is 17.5 Å². The van der Waals surface area contributed by atoms with Crippen LogP contribution in [0.4, 0.5) is 0 Å². The molecular weight excluding hydrogens is 316 g/mol. The van der Waals surface area contributed by atoms with Crippen LogP contribution in [0.3, 0.4) is 0 Å². The summed E-state index contributed by atoms with van der Waals surface area (Å²) in [4.78, 5) is 14.6. The number of nitrogens with one attached hydrogen (secondary N) is 1. The first-order valence-corrected chi connectivity index (χ1v) is 9.83. The summed E-state index contributed by atoms with van der Waals surface area (Å²) in [6.07, 6.45) is 3.92. The molecule has 8 heteroatoms. The minimum atomic E-state index is -3.13. The zero-order valence-electron chi connectivity index (χ0n) is 13.7. The molecule has 0 spiro atoms. The van der Waals surface area contributed by atoms with Gasteiger partial charge in [-0.1, -0.05) is 13.8 Å². The zero-order valence-corrected chi connectivity index (χ0v) is 14.5. The minimum Gasteiger partial charge on any atom is -0.337 e. The SMILES string of the molecule is CC(C)c1[nH]ncc1C(=O)N1CCC[C@@H](N2CCCS2(=O)=O)C1. The summed E-state index contributed by atoms with van der Waals surface area (Å²) in [5.74, 6) is 0.371. The maximum atomic E-state index is 12.8. The minimum absolute atomic E-state index is 0.0521. The Morgan fingerprint density at radius 1 is 1.35 bits per heavy atom. The summed E-state index contributed by atoms with van der Waals surface area (Å²) in [6, 6.07) is -0.0883. The third kappa shape index (κ3) is 3.14. The zero-order chi connectivity index (χ0) is 16.6. The first-order valence-electron chi connectivity index (χ1n) is 8.22. The number of sulfonamides is 1. The number of carbonyl (C=O) groups excluding carboxylic acids is 1. The van der Waals surface area contributed by atoms with Gasteiger partial charge in [0.1, 0.15) is 0 Å². The molecule has 128 valence electrons. The number of aromatic amines is 1. The van der Waals surface area contributed by atoms with Gasteiger partial charge in [-0.2, -0.15) is 9.40 Å². The van der Waals surface area contributed by atoms with Gasteiger partial charge in [-0.25, -0.2) is 8.42 Å². The molecule has 1 aromatic rings. The lowest BCUT2D eigenvalue weighted by molar-refractivity contribution is 0.0657. The van der Waals surface area contributed by atoms with Crippen molar-refractivity contribution in [2.45, 2.75) is 45.1 Å². The van der Waals surface area contributed by atoms with Crippen molar-refractivity contribution >= 4 is 15.9 Å². The van der Waals surface area contributed by atoms with Crippen LogP contribution in [0.2, 0.25) is 0 Å². The highest BCUT2D eigenvalue weighted by molar-refractivity contribution is 7.89. The van der Waals surface area contributed by atoms with Gasteiger partial charge in [0.15, 0.2) is 0 Å². The highest BCUT2D eigenvalue weighted by Crippen LogP contribution is 2.26. The average molecular weight is 340 g/mol. The topological polar surface area (TPSA) is 86.4 Å². The van der Waals surface area contributed by atoms with E-state index in [1.165, 1.54) is 0 Å². The summed E-state index contributed by atoms with van der Waals surface area (Å²) >= 11 is 0. The van der Waals surface area contributed by atoms with E-state index in [-0.39, 0.29) is 23.6 Å². The first kappa shape index (κ1) is 16.4.